The Morgan fingerprint density at radius 2 is 2.22 bits per heavy atom. The van der Waals surface area contributed by atoms with E-state index in [-0.39, 0.29) is 17.3 Å². The molecule has 2 heterocycles. The van der Waals surface area contributed by atoms with E-state index in [1.165, 1.54) is 17.8 Å². The van der Waals surface area contributed by atoms with Gasteiger partial charge in [0.05, 0.1) is 10.7 Å². The summed E-state index contributed by atoms with van der Waals surface area (Å²) in [5.74, 6) is 1.66. The fourth-order valence-corrected chi connectivity index (χ4v) is 4.15. The number of amides is 1. The molecule has 2 aromatic rings. The number of rotatable bonds is 7. The van der Waals surface area contributed by atoms with E-state index in [4.69, 9.17) is 0 Å². The zero-order chi connectivity index (χ0) is 19.0. The van der Waals surface area contributed by atoms with Gasteiger partial charge in [-0.05, 0) is 30.9 Å². The molecule has 1 fully saturated rings. The standard InChI is InChI=1S/C18H19N5O3S/c1-2-8-22-17(12-3-4-12)19-20-18(22)27-11-16(24)21-9-7-13-10-14(23(25)26)5-6-15(13)21/h2,5-6,10,12H,1,3-4,7-9,11H2. The molecular formula is C18H19N5O3S. The minimum atomic E-state index is -0.412. The van der Waals surface area contributed by atoms with Crippen LogP contribution in [0.25, 0.3) is 0 Å². The number of nitrogens with zero attached hydrogens (tertiary/aromatic N) is 5. The van der Waals surface area contributed by atoms with E-state index in [9.17, 15) is 14.9 Å². The number of anilines is 1. The van der Waals surface area contributed by atoms with Gasteiger partial charge in [0.1, 0.15) is 5.82 Å². The third-order valence-corrected chi connectivity index (χ3v) is 5.75. The third kappa shape index (κ3) is 3.46. The van der Waals surface area contributed by atoms with Crippen LogP contribution in [-0.4, -0.2) is 37.9 Å². The number of benzene rings is 1. The van der Waals surface area contributed by atoms with Gasteiger partial charge in [-0.15, -0.1) is 16.8 Å². The molecule has 4 rings (SSSR count). The van der Waals surface area contributed by atoms with Gasteiger partial charge >= 0.3 is 0 Å². The van der Waals surface area contributed by atoms with Crippen molar-refractivity contribution in [1.29, 1.82) is 0 Å². The lowest BCUT2D eigenvalue weighted by molar-refractivity contribution is -0.384. The van der Waals surface area contributed by atoms with E-state index in [0.29, 0.717) is 25.4 Å². The van der Waals surface area contributed by atoms with E-state index in [0.717, 1.165) is 35.1 Å². The third-order valence-electron chi connectivity index (χ3n) is 4.79. The number of thioether (sulfide) groups is 1. The number of allylic oxidation sites excluding steroid dienone is 1. The zero-order valence-electron chi connectivity index (χ0n) is 14.7. The summed E-state index contributed by atoms with van der Waals surface area (Å²) < 4.78 is 2.03. The molecule has 1 aromatic heterocycles. The lowest BCUT2D eigenvalue weighted by Gasteiger charge is -2.17. The largest absolute Gasteiger partial charge is 0.311 e. The van der Waals surface area contributed by atoms with E-state index >= 15 is 0 Å². The summed E-state index contributed by atoms with van der Waals surface area (Å²) in [6, 6.07) is 4.66. The number of non-ortho nitro benzene ring substituents is 1. The van der Waals surface area contributed by atoms with Crippen LogP contribution in [0.1, 0.15) is 30.1 Å². The number of hydrogen-bond donors (Lipinski definition) is 0. The van der Waals surface area contributed by atoms with Crippen molar-refractivity contribution in [2.75, 3.05) is 17.2 Å². The van der Waals surface area contributed by atoms with E-state index in [2.05, 4.69) is 16.8 Å². The number of aromatic nitrogens is 3. The minimum Gasteiger partial charge on any atom is -0.311 e. The van der Waals surface area contributed by atoms with Crippen LogP contribution in [0.2, 0.25) is 0 Å². The van der Waals surface area contributed by atoms with Crippen molar-refractivity contribution >= 4 is 29.0 Å². The fraction of sp³-hybridized carbons (Fsp3) is 0.389. The summed E-state index contributed by atoms with van der Waals surface area (Å²) in [4.78, 5) is 24.9. The number of carbonyl (C=O) groups is 1. The number of fused-ring (bicyclic) bond motifs is 1. The van der Waals surface area contributed by atoms with Crippen molar-refractivity contribution in [3.63, 3.8) is 0 Å². The first-order valence-corrected chi connectivity index (χ1v) is 9.81. The first kappa shape index (κ1) is 17.7. The van der Waals surface area contributed by atoms with Gasteiger partial charge in [-0.3, -0.25) is 14.9 Å². The minimum absolute atomic E-state index is 0.0336. The maximum absolute atomic E-state index is 12.7. The average molecular weight is 385 g/mol. The van der Waals surface area contributed by atoms with Crippen LogP contribution in [0.4, 0.5) is 11.4 Å². The molecule has 0 radical (unpaired) electrons. The van der Waals surface area contributed by atoms with Gasteiger partial charge in [0.25, 0.3) is 5.69 Å². The smallest absolute Gasteiger partial charge is 0.269 e. The van der Waals surface area contributed by atoms with Crippen molar-refractivity contribution in [3.05, 3.63) is 52.4 Å². The topological polar surface area (TPSA) is 94.2 Å². The molecule has 1 aliphatic heterocycles. The van der Waals surface area contributed by atoms with Gasteiger partial charge in [-0.2, -0.15) is 0 Å². The lowest BCUT2D eigenvalue weighted by atomic mass is 10.1. The molecule has 140 valence electrons. The molecular weight excluding hydrogens is 366 g/mol. The van der Waals surface area contributed by atoms with Crippen LogP contribution in [0.5, 0.6) is 0 Å². The molecule has 8 nitrogen and oxygen atoms in total. The van der Waals surface area contributed by atoms with Crippen molar-refractivity contribution in [3.8, 4) is 0 Å². The van der Waals surface area contributed by atoms with Crippen LogP contribution >= 0.6 is 11.8 Å². The number of carbonyl (C=O) groups excluding carboxylic acids is 1. The number of nitro groups is 1. The Morgan fingerprint density at radius 3 is 2.93 bits per heavy atom. The first-order valence-electron chi connectivity index (χ1n) is 8.83. The highest BCUT2D eigenvalue weighted by atomic mass is 32.2. The molecule has 27 heavy (non-hydrogen) atoms. The average Bonchev–Trinajstić information content (AvgIpc) is 3.29. The molecule has 0 bridgehead atoms. The summed E-state index contributed by atoms with van der Waals surface area (Å²) in [6.45, 7) is 4.97. The van der Waals surface area contributed by atoms with Crippen LogP contribution in [-0.2, 0) is 17.8 Å². The summed E-state index contributed by atoms with van der Waals surface area (Å²) in [5, 5.41) is 20.2. The van der Waals surface area contributed by atoms with Crippen LogP contribution < -0.4 is 4.90 Å². The molecule has 0 spiro atoms. The van der Waals surface area contributed by atoms with Crippen molar-refractivity contribution in [2.24, 2.45) is 0 Å². The molecule has 0 saturated heterocycles. The highest BCUT2D eigenvalue weighted by molar-refractivity contribution is 7.99. The SMILES string of the molecule is C=CCn1c(SCC(=O)N2CCc3cc([N+](=O)[O-])ccc32)nnc1C1CC1. The molecule has 1 aromatic carbocycles. The quantitative estimate of drug-likeness (QED) is 0.315. The number of nitro benzene ring substituents is 1. The second-order valence-corrected chi connectivity index (χ2v) is 7.61. The summed E-state index contributed by atoms with van der Waals surface area (Å²) >= 11 is 1.37. The molecule has 1 amide bonds. The summed E-state index contributed by atoms with van der Waals surface area (Å²) in [5.41, 5.74) is 1.66. The summed E-state index contributed by atoms with van der Waals surface area (Å²) in [6.07, 6.45) is 4.71. The Hall–Kier alpha value is -2.68. The van der Waals surface area contributed by atoms with Gasteiger partial charge in [-0.25, -0.2) is 0 Å². The van der Waals surface area contributed by atoms with Crippen LogP contribution in [0.15, 0.2) is 36.0 Å². The first-order chi connectivity index (χ1) is 13.1. The Kier molecular flexibility index (Phi) is 4.69. The van der Waals surface area contributed by atoms with E-state index in [1.54, 1.807) is 17.0 Å². The van der Waals surface area contributed by atoms with Gasteiger partial charge in [-0.1, -0.05) is 17.8 Å². The summed E-state index contributed by atoms with van der Waals surface area (Å²) in [7, 11) is 0. The fourth-order valence-electron chi connectivity index (χ4n) is 3.32. The highest BCUT2D eigenvalue weighted by Crippen LogP contribution is 2.40. The second-order valence-electron chi connectivity index (χ2n) is 6.67. The maximum atomic E-state index is 12.7. The van der Waals surface area contributed by atoms with Crippen molar-refractivity contribution < 1.29 is 9.72 Å². The normalized spacial score (nSPS) is 15.6. The number of hydrogen-bond acceptors (Lipinski definition) is 6. The van der Waals surface area contributed by atoms with E-state index in [1.807, 2.05) is 10.6 Å². The zero-order valence-corrected chi connectivity index (χ0v) is 15.5. The van der Waals surface area contributed by atoms with Gasteiger partial charge < -0.3 is 9.47 Å². The van der Waals surface area contributed by atoms with Gasteiger partial charge in [0.15, 0.2) is 5.16 Å². The highest BCUT2D eigenvalue weighted by Gasteiger charge is 2.31. The Bertz CT molecular complexity index is 922. The van der Waals surface area contributed by atoms with Crippen molar-refractivity contribution in [2.45, 2.75) is 36.9 Å². The lowest BCUT2D eigenvalue weighted by Crippen LogP contribution is -2.30. The monoisotopic (exact) mass is 385 g/mol. The van der Waals surface area contributed by atoms with E-state index < -0.39 is 4.92 Å². The van der Waals surface area contributed by atoms with Crippen molar-refractivity contribution in [1.82, 2.24) is 14.8 Å². The second kappa shape index (κ2) is 7.15. The van der Waals surface area contributed by atoms with Crippen LogP contribution in [0.3, 0.4) is 0 Å². The van der Waals surface area contributed by atoms with Gasteiger partial charge in [0, 0.05) is 36.8 Å². The molecule has 1 aliphatic carbocycles. The predicted octanol–water partition coefficient (Wildman–Crippen LogP) is 2.93. The predicted molar refractivity (Wildman–Crippen MR) is 102 cm³/mol. The Balaban J connectivity index is 1.46. The van der Waals surface area contributed by atoms with Gasteiger partial charge in [0.2, 0.25) is 5.91 Å². The molecule has 9 heteroatoms. The molecule has 0 N–H and O–H groups in total. The molecule has 1 saturated carbocycles. The molecule has 2 aliphatic rings. The Labute approximate surface area is 160 Å². The molecule has 0 unspecified atom stereocenters. The van der Waals surface area contributed by atoms with Crippen LogP contribution in [0, 0.1) is 10.1 Å². The molecule has 0 atom stereocenters. The Morgan fingerprint density at radius 1 is 1.41 bits per heavy atom. The maximum Gasteiger partial charge on any atom is 0.269 e.